The normalized spacial score (nSPS) is 23.2. The van der Waals surface area contributed by atoms with E-state index in [0.717, 1.165) is 17.9 Å². The third kappa shape index (κ3) is 2.19. The smallest absolute Gasteiger partial charge is 0.133 e. The molecule has 1 fully saturated rings. The minimum absolute atomic E-state index is 0.0535. The van der Waals surface area contributed by atoms with Crippen molar-refractivity contribution in [2.45, 2.75) is 45.2 Å². The van der Waals surface area contributed by atoms with Crippen molar-refractivity contribution in [3.8, 4) is 0 Å². The lowest BCUT2D eigenvalue weighted by Crippen LogP contribution is -2.39. The number of nitrogens with zero attached hydrogens (tertiary/aromatic N) is 2. The van der Waals surface area contributed by atoms with Gasteiger partial charge in [0.25, 0.3) is 0 Å². The lowest BCUT2D eigenvalue weighted by atomic mass is 10.0. The maximum Gasteiger partial charge on any atom is 0.133 e. The number of nitrogens with two attached hydrogens (primary N) is 1. The fourth-order valence-electron chi connectivity index (χ4n) is 2.42. The van der Waals surface area contributed by atoms with E-state index in [1.54, 1.807) is 0 Å². The molecule has 1 unspecified atom stereocenters. The molecule has 1 saturated heterocycles. The van der Waals surface area contributed by atoms with Gasteiger partial charge in [-0.3, -0.25) is 0 Å². The molecule has 0 bridgehead atoms. The molecule has 0 spiro atoms. The summed E-state index contributed by atoms with van der Waals surface area (Å²) < 4.78 is 0. The highest BCUT2D eigenvalue weighted by Crippen LogP contribution is 2.28. The number of hydrogen-bond acceptors (Lipinski definition) is 3. The Morgan fingerprint density at radius 3 is 3.00 bits per heavy atom. The first kappa shape index (κ1) is 11.4. The van der Waals surface area contributed by atoms with Crippen LogP contribution in [0.2, 0.25) is 0 Å². The van der Waals surface area contributed by atoms with E-state index in [9.17, 15) is 0 Å². The predicted molar refractivity (Wildman–Crippen MR) is 67.5 cm³/mol. The second-order valence-electron chi connectivity index (χ2n) is 4.74. The molecule has 1 aromatic heterocycles. The summed E-state index contributed by atoms with van der Waals surface area (Å²) in [5.74, 6) is 1.09. The highest BCUT2D eigenvalue weighted by Gasteiger charge is 2.22. The molecular weight excluding hydrogens is 198 g/mol. The van der Waals surface area contributed by atoms with E-state index in [-0.39, 0.29) is 6.04 Å². The Morgan fingerprint density at radius 2 is 2.31 bits per heavy atom. The Kier molecular flexibility index (Phi) is 3.44. The van der Waals surface area contributed by atoms with Crippen molar-refractivity contribution in [3.63, 3.8) is 0 Å². The van der Waals surface area contributed by atoms with E-state index >= 15 is 0 Å². The van der Waals surface area contributed by atoms with Gasteiger partial charge >= 0.3 is 0 Å². The summed E-state index contributed by atoms with van der Waals surface area (Å²) in [6.45, 7) is 5.41. The second kappa shape index (κ2) is 4.83. The monoisotopic (exact) mass is 219 g/mol. The fraction of sp³-hybridized carbons (Fsp3) is 0.615. The van der Waals surface area contributed by atoms with Gasteiger partial charge in [0.15, 0.2) is 0 Å². The van der Waals surface area contributed by atoms with Gasteiger partial charge in [0.05, 0.1) is 0 Å². The van der Waals surface area contributed by atoms with E-state index < -0.39 is 0 Å². The number of anilines is 1. The summed E-state index contributed by atoms with van der Waals surface area (Å²) >= 11 is 0. The average Bonchev–Trinajstić information content (AvgIpc) is 2.29. The average molecular weight is 219 g/mol. The van der Waals surface area contributed by atoms with Gasteiger partial charge in [-0.1, -0.05) is 6.07 Å². The molecular formula is C13H21N3. The van der Waals surface area contributed by atoms with Crippen LogP contribution < -0.4 is 10.6 Å². The maximum absolute atomic E-state index is 6.00. The van der Waals surface area contributed by atoms with Crippen LogP contribution in [0.15, 0.2) is 18.3 Å². The lowest BCUT2D eigenvalue weighted by molar-refractivity contribution is 0.479. The zero-order valence-corrected chi connectivity index (χ0v) is 10.2. The molecule has 0 aromatic carbocycles. The van der Waals surface area contributed by atoms with Gasteiger partial charge in [-0.25, -0.2) is 4.98 Å². The van der Waals surface area contributed by atoms with Crippen molar-refractivity contribution >= 4 is 5.82 Å². The zero-order chi connectivity index (χ0) is 11.5. The molecule has 16 heavy (non-hydrogen) atoms. The van der Waals surface area contributed by atoms with Crippen LogP contribution in [0.4, 0.5) is 5.82 Å². The molecule has 3 heteroatoms. The van der Waals surface area contributed by atoms with Crippen LogP contribution in [0.5, 0.6) is 0 Å². The molecule has 2 heterocycles. The first-order valence-corrected chi connectivity index (χ1v) is 6.17. The van der Waals surface area contributed by atoms with Crippen LogP contribution in [0, 0.1) is 0 Å². The predicted octanol–water partition coefficient (Wildman–Crippen LogP) is 2.48. The van der Waals surface area contributed by atoms with Crippen molar-refractivity contribution in [1.29, 1.82) is 0 Å². The quantitative estimate of drug-likeness (QED) is 0.831. The third-order valence-electron chi connectivity index (χ3n) is 3.38. The van der Waals surface area contributed by atoms with Crippen LogP contribution in [0.3, 0.4) is 0 Å². The molecule has 2 rings (SSSR count). The van der Waals surface area contributed by atoms with Crippen LogP contribution in [-0.4, -0.2) is 17.6 Å². The Balaban J connectivity index is 2.31. The summed E-state index contributed by atoms with van der Waals surface area (Å²) in [6.07, 6.45) is 5.72. The molecule has 0 saturated carbocycles. The van der Waals surface area contributed by atoms with Crippen molar-refractivity contribution in [3.05, 3.63) is 23.9 Å². The van der Waals surface area contributed by atoms with E-state index in [1.807, 2.05) is 19.2 Å². The molecule has 2 N–H and O–H groups in total. The number of aromatic nitrogens is 1. The molecule has 2 atom stereocenters. The Bertz CT molecular complexity index is 349. The largest absolute Gasteiger partial charge is 0.354 e. The molecule has 88 valence electrons. The highest BCUT2D eigenvalue weighted by molar-refractivity contribution is 5.49. The van der Waals surface area contributed by atoms with Gasteiger partial charge in [-0.05, 0) is 39.2 Å². The Hall–Kier alpha value is -1.09. The van der Waals surface area contributed by atoms with Crippen LogP contribution in [0.25, 0.3) is 0 Å². The van der Waals surface area contributed by atoms with Gasteiger partial charge < -0.3 is 10.6 Å². The molecule has 1 aromatic rings. The Labute approximate surface area is 97.7 Å². The summed E-state index contributed by atoms with van der Waals surface area (Å²) in [4.78, 5) is 6.92. The molecule has 3 nitrogen and oxygen atoms in total. The van der Waals surface area contributed by atoms with Crippen molar-refractivity contribution in [2.24, 2.45) is 5.73 Å². The standard InChI is InChI=1S/C13H21N3/c1-10-6-3-4-9-16(10)13-12(11(2)14)7-5-8-15-13/h5,7-8,10-11H,3-4,6,9,14H2,1-2H3/t10?,11-/m0/s1. The zero-order valence-electron chi connectivity index (χ0n) is 10.2. The second-order valence-corrected chi connectivity index (χ2v) is 4.74. The number of hydrogen-bond donors (Lipinski definition) is 1. The van der Waals surface area contributed by atoms with E-state index in [2.05, 4.69) is 22.9 Å². The molecule has 1 aliphatic rings. The van der Waals surface area contributed by atoms with Gasteiger partial charge in [0, 0.05) is 30.4 Å². The minimum atomic E-state index is 0.0535. The molecule has 0 aliphatic carbocycles. The van der Waals surface area contributed by atoms with E-state index in [0.29, 0.717) is 6.04 Å². The van der Waals surface area contributed by atoms with Gasteiger partial charge in [-0.15, -0.1) is 0 Å². The minimum Gasteiger partial charge on any atom is -0.354 e. The van der Waals surface area contributed by atoms with Gasteiger partial charge in [0.1, 0.15) is 5.82 Å². The van der Waals surface area contributed by atoms with Crippen molar-refractivity contribution in [1.82, 2.24) is 4.98 Å². The van der Waals surface area contributed by atoms with Crippen LogP contribution in [0.1, 0.15) is 44.7 Å². The van der Waals surface area contributed by atoms with E-state index in [4.69, 9.17) is 5.73 Å². The number of rotatable bonds is 2. The van der Waals surface area contributed by atoms with Crippen molar-refractivity contribution < 1.29 is 0 Å². The summed E-state index contributed by atoms with van der Waals surface area (Å²) in [6, 6.07) is 4.70. The van der Waals surface area contributed by atoms with Crippen LogP contribution in [-0.2, 0) is 0 Å². The molecule has 0 amide bonds. The van der Waals surface area contributed by atoms with Crippen molar-refractivity contribution in [2.75, 3.05) is 11.4 Å². The first-order chi connectivity index (χ1) is 7.70. The third-order valence-corrected chi connectivity index (χ3v) is 3.38. The summed E-state index contributed by atoms with van der Waals surface area (Å²) in [5, 5.41) is 0. The maximum atomic E-state index is 6.00. The Morgan fingerprint density at radius 1 is 1.50 bits per heavy atom. The summed E-state index contributed by atoms with van der Waals surface area (Å²) in [5.41, 5.74) is 7.16. The SMILES string of the molecule is CC1CCCCN1c1ncccc1[C@H](C)N. The van der Waals surface area contributed by atoms with E-state index in [1.165, 1.54) is 19.3 Å². The lowest BCUT2D eigenvalue weighted by Gasteiger charge is -2.36. The molecule has 0 radical (unpaired) electrons. The number of piperidine rings is 1. The summed E-state index contributed by atoms with van der Waals surface area (Å²) in [7, 11) is 0. The topological polar surface area (TPSA) is 42.2 Å². The van der Waals surface area contributed by atoms with Gasteiger partial charge in [0.2, 0.25) is 0 Å². The van der Waals surface area contributed by atoms with Crippen LogP contribution >= 0.6 is 0 Å². The number of pyridine rings is 1. The fourth-order valence-corrected chi connectivity index (χ4v) is 2.42. The highest BCUT2D eigenvalue weighted by atomic mass is 15.2. The van der Waals surface area contributed by atoms with Gasteiger partial charge in [-0.2, -0.15) is 0 Å². The first-order valence-electron chi connectivity index (χ1n) is 6.17. The molecule has 1 aliphatic heterocycles.